The fourth-order valence-electron chi connectivity index (χ4n) is 2.23. The van der Waals surface area contributed by atoms with E-state index in [1.54, 1.807) is 36.4 Å². The van der Waals surface area contributed by atoms with Crippen LogP contribution in [0.1, 0.15) is 18.4 Å². The molecule has 0 radical (unpaired) electrons. The van der Waals surface area contributed by atoms with Crippen molar-refractivity contribution in [3.05, 3.63) is 42.0 Å². The largest absolute Gasteiger partial charge is 0.368 e. The summed E-state index contributed by atoms with van der Waals surface area (Å²) in [7, 11) is 0. The molecule has 0 bridgehead atoms. The lowest BCUT2D eigenvalue weighted by atomic mass is 10.2. The molecule has 0 aliphatic carbocycles. The molecule has 2 aromatic rings. The number of anilines is 3. The third kappa shape index (κ3) is 3.81. The van der Waals surface area contributed by atoms with Crippen LogP contribution in [0.2, 0.25) is 0 Å². The first-order valence-corrected chi connectivity index (χ1v) is 7.28. The Labute approximate surface area is 133 Å². The van der Waals surface area contributed by atoms with E-state index in [2.05, 4.69) is 26.9 Å². The number of nitrogens with zero attached hydrogens (tertiary/aromatic N) is 3. The van der Waals surface area contributed by atoms with Crippen LogP contribution < -0.4 is 10.6 Å². The van der Waals surface area contributed by atoms with E-state index in [1.165, 1.54) is 0 Å². The molecule has 1 fully saturated rings. The molecule has 2 heterocycles. The van der Waals surface area contributed by atoms with Crippen molar-refractivity contribution in [2.45, 2.75) is 18.9 Å². The minimum Gasteiger partial charge on any atom is -0.368 e. The lowest BCUT2D eigenvalue weighted by molar-refractivity contribution is -0.124. The molecule has 1 unspecified atom stereocenters. The molecule has 7 heteroatoms. The van der Waals surface area contributed by atoms with E-state index in [9.17, 15) is 4.79 Å². The summed E-state index contributed by atoms with van der Waals surface area (Å²) >= 11 is 0. The fraction of sp³-hybridized carbons (Fsp3) is 0.250. The summed E-state index contributed by atoms with van der Waals surface area (Å²) in [6.45, 7) is 0.622. The third-order valence-electron chi connectivity index (χ3n) is 3.42. The summed E-state index contributed by atoms with van der Waals surface area (Å²) < 4.78 is 5.31. The zero-order chi connectivity index (χ0) is 16.1. The van der Waals surface area contributed by atoms with Crippen LogP contribution in [-0.4, -0.2) is 28.8 Å². The molecule has 1 atom stereocenters. The molecule has 7 nitrogen and oxygen atoms in total. The van der Waals surface area contributed by atoms with Crippen molar-refractivity contribution in [3.63, 3.8) is 0 Å². The number of benzene rings is 1. The lowest BCUT2D eigenvalue weighted by Crippen LogP contribution is -2.27. The molecular weight excluding hydrogens is 294 g/mol. The van der Waals surface area contributed by atoms with Crippen LogP contribution >= 0.6 is 0 Å². The summed E-state index contributed by atoms with van der Waals surface area (Å²) in [4.78, 5) is 11.9. The second-order valence-electron chi connectivity index (χ2n) is 5.11. The second-order valence-corrected chi connectivity index (χ2v) is 5.11. The van der Waals surface area contributed by atoms with Crippen molar-refractivity contribution in [1.82, 2.24) is 10.2 Å². The molecule has 1 saturated heterocycles. The highest BCUT2D eigenvalue weighted by Crippen LogP contribution is 2.17. The molecule has 23 heavy (non-hydrogen) atoms. The van der Waals surface area contributed by atoms with E-state index < -0.39 is 6.10 Å². The Balaban J connectivity index is 1.60. The van der Waals surface area contributed by atoms with E-state index in [4.69, 9.17) is 10.00 Å². The predicted octanol–water partition coefficient (Wildman–Crippen LogP) is 2.21. The molecule has 1 aliphatic heterocycles. The third-order valence-corrected chi connectivity index (χ3v) is 3.42. The molecule has 0 saturated carbocycles. The van der Waals surface area contributed by atoms with Crippen molar-refractivity contribution >= 4 is 23.2 Å². The maximum absolute atomic E-state index is 11.9. The predicted molar refractivity (Wildman–Crippen MR) is 84.1 cm³/mol. The van der Waals surface area contributed by atoms with E-state index in [1.807, 2.05) is 0 Å². The van der Waals surface area contributed by atoms with Gasteiger partial charge in [0.05, 0.1) is 11.6 Å². The van der Waals surface area contributed by atoms with Gasteiger partial charge in [-0.05, 0) is 49.2 Å². The van der Waals surface area contributed by atoms with Crippen molar-refractivity contribution in [1.29, 1.82) is 5.26 Å². The molecular formula is C16H15N5O2. The topological polar surface area (TPSA) is 99.9 Å². The van der Waals surface area contributed by atoms with Crippen LogP contribution in [0.5, 0.6) is 0 Å². The molecule has 1 aromatic carbocycles. The van der Waals surface area contributed by atoms with Gasteiger partial charge in [-0.15, -0.1) is 10.2 Å². The Morgan fingerprint density at radius 3 is 2.52 bits per heavy atom. The molecule has 116 valence electrons. The van der Waals surface area contributed by atoms with Gasteiger partial charge in [0.25, 0.3) is 5.91 Å². The number of carbonyl (C=O) groups is 1. The van der Waals surface area contributed by atoms with Crippen LogP contribution in [0.15, 0.2) is 36.4 Å². The molecule has 1 aromatic heterocycles. The van der Waals surface area contributed by atoms with E-state index in [-0.39, 0.29) is 5.91 Å². The SMILES string of the molecule is N#Cc1ccc(Nc2ccc(NC(=O)C3CCCO3)nn2)cc1. The maximum atomic E-state index is 11.9. The Morgan fingerprint density at radius 1 is 1.17 bits per heavy atom. The first-order chi connectivity index (χ1) is 11.2. The normalized spacial score (nSPS) is 16.6. The smallest absolute Gasteiger partial charge is 0.254 e. The highest BCUT2D eigenvalue weighted by Gasteiger charge is 2.23. The van der Waals surface area contributed by atoms with Crippen molar-refractivity contribution in [2.24, 2.45) is 0 Å². The van der Waals surface area contributed by atoms with E-state index in [0.29, 0.717) is 23.8 Å². The maximum Gasteiger partial charge on any atom is 0.254 e. The molecule has 2 N–H and O–H groups in total. The number of rotatable bonds is 4. The summed E-state index contributed by atoms with van der Waals surface area (Å²) in [5, 5.41) is 22.5. The van der Waals surface area contributed by atoms with E-state index >= 15 is 0 Å². The van der Waals surface area contributed by atoms with Gasteiger partial charge in [0.1, 0.15) is 6.10 Å². The van der Waals surface area contributed by atoms with Crippen LogP contribution in [0.25, 0.3) is 0 Å². The van der Waals surface area contributed by atoms with Crippen molar-refractivity contribution in [3.8, 4) is 6.07 Å². The first kappa shape index (κ1) is 14.9. The molecule has 1 aliphatic rings. The average molecular weight is 309 g/mol. The highest BCUT2D eigenvalue weighted by atomic mass is 16.5. The molecule has 3 rings (SSSR count). The number of ether oxygens (including phenoxy) is 1. The summed E-state index contributed by atoms with van der Waals surface area (Å²) in [5.74, 6) is 0.741. The van der Waals surface area contributed by atoms with E-state index in [0.717, 1.165) is 18.5 Å². The number of carbonyl (C=O) groups excluding carboxylic acids is 1. The lowest BCUT2D eigenvalue weighted by Gasteiger charge is -2.10. The number of hydrogen-bond donors (Lipinski definition) is 2. The quantitative estimate of drug-likeness (QED) is 0.898. The fourth-order valence-corrected chi connectivity index (χ4v) is 2.23. The van der Waals surface area contributed by atoms with Gasteiger partial charge in [-0.25, -0.2) is 0 Å². The number of nitrogens with one attached hydrogen (secondary N) is 2. The van der Waals surface area contributed by atoms with Crippen molar-refractivity contribution in [2.75, 3.05) is 17.2 Å². The summed E-state index contributed by atoms with van der Waals surface area (Å²) in [6.07, 6.45) is 1.24. The monoisotopic (exact) mass is 309 g/mol. The summed E-state index contributed by atoms with van der Waals surface area (Å²) in [6, 6.07) is 12.5. The van der Waals surface area contributed by atoms with Gasteiger partial charge in [-0.2, -0.15) is 5.26 Å². The van der Waals surface area contributed by atoms with Gasteiger partial charge < -0.3 is 15.4 Å². The number of amides is 1. The summed E-state index contributed by atoms with van der Waals surface area (Å²) in [5.41, 5.74) is 1.39. The Kier molecular flexibility index (Phi) is 4.45. The number of hydrogen-bond acceptors (Lipinski definition) is 6. The van der Waals surface area contributed by atoms with Gasteiger partial charge >= 0.3 is 0 Å². The van der Waals surface area contributed by atoms with Gasteiger partial charge in [0.2, 0.25) is 0 Å². The first-order valence-electron chi connectivity index (χ1n) is 7.28. The standard InChI is InChI=1S/C16H15N5O2/c17-10-11-3-5-12(6-4-11)18-14-7-8-15(21-20-14)19-16(22)13-2-1-9-23-13/h3-8,13H,1-2,9H2,(H,18,20)(H,19,21,22). The highest BCUT2D eigenvalue weighted by molar-refractivity contribution is 5.93. The van der Waals surface area contributed by atoms with Crippen LogP contribution in [0, 0.1) is 11.3 Å². The zero-order valence-electron chi connectivity index (χ0n) is 12.3. The molecule has 0 spiro atoms. The van der Waals surface area contributed by atoms with Crippen LogP contribution in [0.3, 0.4) is 0 Å². The van der Waals surface area contributed by atoms with Crippen LogP contribution in [-0.2, 0) is 9.53 Å². The second kappa shape index (κ2) is 6.85. The minimum atomic E-state index is -0.395. The molecule has 1 amide bonds. The van der Waals surface area contributed by atoms with Gasteiger partial charge in [0, 0.05) is 12.3 Å². The van der Waals surface area contributed by atoms with Crippen LogP contribution in [0.4, 0.5) is 17.3 Å². The minimum absolute atomic E-state index is 0.190. The van der Waals surface area contributed by atoms with Gasteiger partial charge in [-0.1, -0.05) is 0 Å². The average Bonchev–Trinajstić information content (AvgIpc) is 3.12. The van der Waals surface area contributed by atoms with Gasteiger partial charge in [0.15, 0.2) is 11.6 Å². The Hall–Kier alpha value is -2.98. The zero-order valence-corrected chi connectivity index (χ0v) is 12.3. The Bertz CT molecular complexity index is 716. The Morgan fingerprint density at radius 2 is 1.91 bits per heavy atom. The number of nitriles is 1. The number of aromatic nitrogens is 2. The van der Waals surface area contributed by atoms with Crippen molar-refractivity contribution < 1.29 is 9.53 Å². The van der Waals surface area contributed by atoms with Gasteiger partial charge in [-0.3, -0.25) is 4.79 Å².